The van der Waals surface area contributed by atoms with Crippen LogP contribution in [0.3, 0.4) is 0 Å². The summed E-state index contributed by atoms with van der Waals surface area (Å²) in [6.07, 6.45) is 5.32. The molecule has 0 bridgehead atoms. The number of ether oxygens (including phenoxy) is 1. The highest BCUT2D eigenvalue weighted by molar-refractivity contribution is 7.09. The third kappa shape index (κ3) is 7.02. The number of Topliss-reactive ketones (excluding diaryl/α,β-unsaturated/α-hetero) is 1. The van der Waals surface area contributed by atoms with Gasteiger partial charge in [0.1, 0.15) is 27.4 Å². The molecular weight excluding hydrogens is 533 g/mol. The quantitative estimate of drug-likeness (QED) is 0.241. The van der Waals surface area contributed by atoms with Gasteiger partial charge < -0.3 is 20.3 Å². The van der Waals surface area contributed by atoms with E-state index in [4.69, 9.17) is 33.3 Å². The van der Waals surface area contributed by atoms with Crippen LogP contribution in [0, 0.1) is 11.3 Å². The van der Waals surface area contributed by atoms with Gasteiger partial charge in [-0.05, 0) is 43.9 Å². The van der Waals surface area contributed by atoms with Gasteiger partial charge in [0.15, 0.2) is 5.78 Å². The van der Waals surface area contributed by atoms with Crippen molar-refractivity contribution in [3.8, 4) is 5.75 Å². The molecule has 2 fully saturated rings. The van der Waals surface area contributed by atoms with Gasteiger partial charge in [0.05, 0.1) is 6.54 Å². The molecule has 200 valence electrons. The molecule has 1 saturated carbocycles. The van der Waals surface area contributed by atoms with Gasteiger partial charge in [-0.1, -0.05) is 6.92 Å². The van der Waals surface area contributed by atoms with Gasteiger partial charge in [-0.3, -0.25) is 15.0 Å². The molecule has 2 aromatic rings. The van der Waals surface area contributed by atoms with Crippen molar-refractivity contribution in [3.63, 3.8) is 0 Å². The fraction of sp³-hybridized carbons (Fsp3) is 0.538. The van der Waals surface area contributed by atoms with Gasteiger partial charge >= 0.3 is 0 Å². The summed E-state index contributed by atoms with van der Waals surface area (Å²) in [5.41, 5.74) is 0.809. The molecule has 1 aromatic heterocycles. The molecule has 1 amide bonds. The number of amides is 1. The second-order valence-electron chi connectivity index (χ2n) is 9.62. The maximum Gasteiger partial charge on any atom is 0.242 e. The zero-order chi connectivity index (χ0) is 26.6. The zero-order valence-electron chi connectivity index (χ0n) is 21.1. The van der Waals surface area contributed by atoms with Crippen LogP contribution in [-0.2, 0) is 16.2 Å². The molecule has 4 rings (SSSR count). The minimum atomic E-state index is -0.610. The van der Waals surface area contributed by atoms with Crippen molar-refractivity contribution in [1.29, 1.82) is 5.41 Å². The van der Waals surface area contributed by atoms with E-state index < -0.39 is 4.33 Å². The Kier molecular flexibility index (Phi) is 9.11. The average molecular weight is 567 g/mol. The largest absolute Gasteiger partial charge is 0.486 e. The van der Waals surface area contributed by atoms with E-state index in [-0.39, 0.29) is 41.9 Å². The Labute approximate surface area is 231 Å². The summed E-state index contributed by atoms with van der Waals surface area (Å²) >= 11 is 13.8. The molecule has 0 spiro atoms. The third-order valence-electron chi connectivity index (χ3n) is 6.99. The molecule has 2 aliphatic rings. The lowest BCUT2D eigenvalue weighted by Crippen LogP contribution is -2.47. The van der Waals surface area contributed by atoms with Crippen molar-refractivity contribution in [2.45, 2.75) is 62.6 Å². The summed E-state index contributed by atoms with van der Waals surface area (Å²) in [6, 6.07) is 5.47. The van der Waals surface area contributed by atoms with Crippen LogP contribution >= 0.6 is 34.5 Å². The normalized spacial score (nSPS) is 22.1. The number of nitrogens with zero attached hydrogens (tertiary/aromatic N) is 2. The van der Waals surface area contributed by atoms with E-state index in [2.05, 4.69) is 22.5 Å². The topological polar surface area (TPSA) is 107 Å². The number of thiazole rings is 1. The molecule has 1 aliphatic heterocycles. The van der Waals surface area contributed by atoms with Crippen LogP contribution in [0.25, 0.3) is 0 Å². The number of benzene rings is 1. The molecule has 2 heterocycles. The van der Waals surface area contributed by atoms with E-state index in [1.165, 1.54) is 18.3 Å². The lowest BCUT2D eigenvalue weighted by atomic mass is 10.0. The van der Waals surface area contributed by atoms with Crippen LogP contribution < -0.4 is 15.4 Å². The maximum absolute atomic E-state index is 13.4. The molecule has 8 nitrogen and oxygen atoms in total. The summed E-state index contributed by atoms with van der Waals surface area (Å²) in [5, 5.41) is 17.6. The van der Waals surface area contributed by atoms with E-state index in [1.54, 1.807) is 24.4 Å². The Hall–Kier alpha value is -2.20. The van der Waals surface area contributed by atoms with Gasteiger partial charge in [-0.25, -0.2) is 4.98 Å². The highest BCUT2D eigenvalue weighted by Gasteiger charge is 2.51. The number of hydrogen-bond donors (Lipinski definition) is 3. The van der Waals surface area contributed by atoms with Crippen molar-refractivity contribution < 1.29 is 14.3 Å². The molecule has 3 N–H and O–H groups in total. The SMILES string of the molecule is CCC1CCC(CNCC2CC2(Cl)Cl)N1C(=O)CNc1ccc(OCc2nccs2)cc1C(=N)C(C)=O. The number of rotatable bonds is 13. The molecule has 1 saturated heterocycles. The van der Waals surface area contributed by atoms with Gasteiger partial charge in [-0.15, -0.1) is 34.5 Å². The number of hydrogen-bond acceptors (Lipinski definition) is 8. The summed E-state index contributed by atoms with van der Waals surface area (Å²) in [7, 11) is 0. The molecule has 1 aliphatic carbocycles. The Morgan fingerprint density at radius 3 is 2.68 bits per heavy atom. The predicted octanol–water partition coefficient (Wildman–Crippen LogP) is 4.64. The highest BCUT2D eigenvalue weighted by atomic mass is 35.5. The Balaban J connectivity index is 1.39. The lowest BCUT2D eigenvalue weighted by molar-refractivity contribution is -0.132. The summed E-state index contributed by atoms with van der Waals surface area (Å²) in [4.78, 5) is 31.6. The smallest absolute Gasteiger partial charge is 0.242 e. The number of alkyl halides is 2. The number of nitrogens with one attached hydrogen (secondary N) is 3. The first-order valence-corrected chi connectivity index (χ1v) is 14.2. The molecule has 0 radical (unpaired) electrons. The van der Waals surface area contributed by atoms with Crippen LogP contribution in [-0.4, -0.2) is 63.3 Å². The molecule has 3 unspecified atom stereocenters. The van der Waals surface area contributed by atoms with Crippen molar-refractivity contribution in [3.05, 3.63) is 40.3 Å². The van der Waals surface area contributed by atoms with Crippen molar-refractivity contribution in [2.24, 2.45) is 5.92 Å². The number of halogens is 2. The number of carbonyl (C=O) groups is 2. The number of likely N-dealkylation sites (tertiary alicyclic amines) is 1. The summed E-state index contributed by atoms with van der Waals surface area (Å²) in [5.74, 6) is 0.416. The molecule has 37 heavy (non-hydrogen) atoms. The molecule has 11 heteroatoms. The average Bonchev–Trinajstić information content (AvgIpc) is 3.26. The Morgan fingerprint density at radius 1 is 1.27 bits per heavy atom. The van der Waals surface area contributed by atoms with E-state index in [1.807, 2.05) is 10.3 Å². The van der Waals surface area contributed by atoms with Crippen LogP contribution in [0.1, 0.15) is 50.1 Å². The standard InChI is InChI=1S/C26H33Cl2N5O3S/c1-3-18-4-5-19(13-30-12-17-11-26(17,27)28)33(18)24(35)14-32-22-7-6-20(10-21(22)25(29)16(2)34)36-15-23-31-8-9-37-23/h6-10,17-19,29-30,32H,3-5,11-15H2,1-2H3. The van der Waals surface area contributed by atoms with Crippen molar-refractivity contribution in [2.75, 3.05) is 25.0 Å². The Bertz CT molecular complexity index is 1130. The number of anilines is 1. The molecular formula is C26H33Cl2N5O3S. The highest BCUT2D eigenvalue weighted by Crippen LogP contribution is 2.52. The summed E-state index contributed by atoms with van der Waals surface area (Å²) < 4.78 is 5.20. The van der Waals surface area contributed by atoms with Gasteiger partial charge in [0.25, 0.3) is 0 Å². The number of aromatic nitrogens is 1. The van der Waals surface area contributed by atoms with Crippen molar-refractivity contribution >= 4 is 57.6 Å². The second-order valence-corrected chi connectivity index (χ2v) is 12.1. The first-order chi connectivity index (χ1) is 17.7. The van der Waals surface area contributed by atoms with Gasteiger partial charge in [-0.2, -0.15) is 0 Å². The van der Waals surface area contributed by atoms with E-state index in [0.717, 1.165) is 37.2 Å². The van der Waals surface area contributed by atoms with E-state index >= 15 is 0 Å². The van der Waals surface area contributed by atoms with Crippen LogP contribution in [0.5, 0.6) is 5.75 Å². The van der Waals surface area contributed by atoms with Crippen molar-refractivity contribution in [1.82, 2.24) is 15.2 Å². The fourth-order valence-electron chi connectivity index (χ4n) is 4.78. The van der Waals surface area contributed by atoms with Gasteiger partial charge in [0.2, 0.25) is 5.91 Å². The monoisotopic (exact) mass is 565 g/mol. The minimum absolute atomic E-state index is 0.00370. The minimum Gasteiger partial charge on any atom is -0.486 e. The van der Waals surface area contributed by atoms with E-state index in [9.17, 15) is 9.59 Å². The maximum atomic E-state index is 13.4. The number of ketones is 1. The number of carbonyl (C=O) groups excluding carboxylic acids is 2. The predicted molar refractivity (Wildman–Crippen MR) is 148 cm³/mol. The molecule has 1 aromatic carbocycles. The molecule has 3 atom stereocenters. The Morgan fingerprint density at radius 2 is 2.03 bits per heavy atom. The van der Waals surface area contributed by atoms with Gasteiger partial charge in [0, 0.05) is 60.8 Å². The van der Waals surface area contributed by atoms with Crippen LogP contribution in [0.15, 0.2) is 29.8 Å². The second kappa shape index (κ2) is 12.1. The first kappa shape index (κ1) is 27.8. The lowest BCUT2D eigenvalue weighted by Gasteiger charge is -2.31. The third-order valence-corrected chi connectivity index (χ3v) is 8.67. The summed E-state index contributed by atoms with van der Waals surface area (Å²) in [6.45, 7) is 5.27. The fourth-order valence-corrected chi connectivity index (χ4v) is 5.83. The van der Waals surface area contributed by atoms with Crippen LogP contribution in [0.2, 0.25) is 0 Å². The van der Waals surface area contributed by atoms with E-state index in [0.29, 0.717) is 30.2 Å². The zero-order valence-corrected chi connectivity index (χ0v) is 23.4. The first-order valence-electron chi connectivity index (χ1n) is 12.6. The van der Waals surface area contributed by atoms with Crippen LogP contribution in [0.4, 0.5) is 5.69 Å².